The van der Waals surface area contributed by atoms with E-state index in [1.54, 1.807) is 17.8 Å². The van der Waals surface area contributed by atoms with Crippen LogP contribution in [0.1, 0.15) is 20.9 Å². The molecular weight excluding hydrogens is 330 g/mol. The third-order valence-corrected chi connectivity index (χ3v) is 4.65. The number of hydrogen-bond acceptors (Lipinski definition) is 4. The van der Waals surface area contributed by atoms with E-state index in [-0.39, 0.29) is 5.91 Å². The number of benzene rings is 1. The predicted molar refractivity (Wildman–Crippen MR) is 94.2 cm³/mol. The van der Waals surface area contributed by atoms with E-state index >= 15 is 0 Å². The van der Waals surface area contributed by atoms with Gasteiger partial charge in [-0.05, 0) is 38.1 Å². The number of halogens is 1. The molecule has 0 saturated heterocycles. The molecule has 0 aliphatic heterocycles. The largest absolute Gasteiger partial charge is 0.306 e. The third kappa shape index (κ3) is 3.41. The molecule has 0 bridgehead atoms. The number of nitrogens with one attached hydrogen (secondary N) is 1. The molecule has 0 saturated carbocycles. The standard InChI is InChI=1S/C17H14ClN3OS/c1-10-3-5-14(18)13(7-10)12-4-6-15(19-8-12)21-17(22)16-11(2)20-9-23-16/h3-9H,1-2H3,(H,19,21,22). The number of carbonyl (C=O) groups excluding carboxylic acids is 1. The highest BCUT2D eigenvalue weighted by Crippen LogP contribution is 2.28. The minimum absolute atomic E-state index is 0.196. The maximum Gasteiger partial charge on any atom is 0.268 e. The Morgan fingerprint density at radius 2 is 2.00 bits per heavy atom. The van der Waals surface area contributed by atoms with Crippen LogP contribution in [0.2, 0.25) is 5.02 Å². The Balaban J connectivity index is 1.81. The minimum Gasteiger partial charge on any atom is -0.306 e. The van der Waals surface area contributed by atoms with Crippen molar-refractivity contribution in [1.29, 1.82) is 0 Å². The number of hydrogen-bond donors (Lipinski definition) is 1. The lowest BCUT2D eigenvalue weighted by molar-refractivity contribution is 0.102. The summed E-state index contributed by atoms with van der Waals surface area (Å²) in [6.45, 7) is 3.82. The lowest BCUT2D eigenvalue weighted by Crippen LogP contribution is -2.12. The van der Waals surface area contributed by atoms with Crippen LogP contribution in [0.3, 0.4) is 0 Å². The van der Waals surface area contributed by atoms with E-state index in [1.165, 1.54) is 11.3 Å². The number of carbonyl (C=O) groups is 1. The number of pyridine rings is 1. The molecule has 0 spiro atoms. The number of aromatic nitrogens is 2. The minimum atomic E-state index is -0.196. The van der Waals surface area contributed by atoms with Gasteiger partial charge in [-0.3, -0.25) is 4.79 Å². The number of rotatable bonds is 3. The second-order valence-electron chi connectivity index (χ2n) is 5.14. The van der Waals surface area contributed by atoms with Crippen molar-refractivity contribution in [3.05, 3.63) is 63.2 Å². The first-order valence-electron chi connectivity index (χ1n) is 6.98. The van der Waals surface area contributed by atoms with Crippen molar-refractivity contribution in [2.75, 3.05) is 5.32 Å². The van der Waals surface area contributed by atoms with Crippen molar-refractivity contribution in [3.8, 4) is 11.1 Å². The summed E-state index contributed by atoms with van der Waals surface area (Å²) < 4.78 is 0. The topological polar surface area (TPSA) is 54.9 Å². The summed E-state index contributed by atoms with van der Waals surface area (Å²) in [6.07, 6.45) is 1.70. The fourth-order valence-corrected chi connectivity index (χ4v) is 3.10. The molecule has 0 aliphatic rings. The van der Waals surface area contributed by atoms with Crippen molar-refractivity contribution in [2.45, 2.75) is 13.8 Å². The van der Waals surface area contributed by atoms with Crippen molar-refractivity contribution in [3.63, 3.8) is 0 Å². The van der Waals surface area contributed by atoms with Gasteiger partial charge in [0.15, 0.2) is 0 Å². The van der Waals surface area contributed by atoms with Gasteiger partial charge in [-0.1, -0.05) is 23.2 Å². The molecule has 0 atom stereocenters. The number of amides is 1. The molecule has 0 radical (unpaired) electrons. The Morgan fingerprint density at radius 3 is 2.65 bits per heavy atom. The van der Waals surface area contributed by atoms with E-state index in [0.717, 1.165) is 22.4 Å². The van der Waals surface area contributed by atoms with E-state index in [9.17, 15) is 4.79 Å². The van der Waals surface area contributed by atoms with Crippen LogP contribution < -0.4 is 5.32 Å². The lowest BCUT2D eigenvalue weighted by atomic mass is 10.1. The molecule has 0 fully saturated rings. The molecule has 3 aromatic rings. The molecular formula is C17H14ClN3OS. The molecule has 23 heavy (non-hydrogen) atoms. The molecule has 4 nitrogen and oxygen atoms in total. The van der Waals surface area contributed by atoms with Gasteiger partial charge >= 0.3 is 0 Å². The summed E-state index contributed by atoms with van der Waals surface area (Å²) in [5, 5.41) is 3.45. The maximum absolute atomic E-state index is 12.1. The Bertz CT molecular complexity index is 859. The van der Waals surface area contributed by atoms with Gasteiger partial charge in [-0.15, -0.1) is 11.3 Å². The quantitative estimate of drug-likeness (QED) is 0.748. The lowest BCUT2D eigenvalue weighted by Gasteiger charge is -2.07. The van der Waals surface area contributed by atoms with Crippen LogP contribution in [-0.2, 0) is 0 Å². The van der Waals surface area contributed by atoms with E-state index < -0.39 is 0 Å². The second kappa shape index (κ2) is 6.48. The van der Waals surface area contributed by atoms with Gasteiger partial charge < -0.3 is 5.32 Å². The fraction of sp³-hybridized carbons (Fsp3) is 0.118. The monoisotopic (exact) mass is 343 g/mol. The SMILES string of the molecule is Cc1ccc(Cl)c(-c2ccc(NC(=O)c3scnc3C)nc2)c1. The molecule has 1 aromatic carbocycles. The first-order valence-corrected chi connectivity index (χ1v) is 8.24. The zero-order valence-corrected chi connectivity index (χ0v) is 14.2. The highest BCUT2D eigenvalue weighted by Gasteiger charge is 2.12. The summed E-state index contributed by atoms with van der Waals surface area (Å²) in [6, 6.07) is 9.50. The molecule has 3 rings (SSSR count). The zero-order chi connectivity index (χ0) is 16.4. The van der Waals surface area contributed by atoms with Gasteiger partial charge in [0.1, 0.15) is 10.7 Å². The Hall–Kier alpha value is -2.24. The third-order valence-electron chi connectivity index (χ3n) is 3.39. The van der Waals surface area contributed by atoms with Crippen molar-refractivity contribution in [1.82, 2.24) is 9.97 Å². The number of aryl methyl sites for hydroxylation is 2. The summed E-state index contributed by atoms with van der Waals surface area (Å²) in [4.78, 5) is 21.1. The maximum atomic E-state index is 12.1. The molecule has 1 amide bonds. The van der Waals surface area contributed by atoms with Crippen LogP contribution in [0.4, 0.5) is 5.82 Å². The number of thiazole rings is 1. The molecule has 0 aliphatic carbocycles. The molecule has 2 aromatic heterocycles. The molecule has 6 heteroatoms. The van der Waals surface area contributed by atoms with Crippen LogP contribution in [0.5, 0.6) is 0 Å². The first-order chi connectivity index (χ1) is 11.0. The van der Waals surface area contributed by atoms with Crippen molar-refractivity contribution < 1.29 is 4.79 Å². The summed E-state index contributed by atoms with van der Waals surface area (Å²) in [5.41, 5.74) is 5.33. The Labute approximate surface area is 143 Å². The molecule has 116 valence electrons. The van der Waals surface area contributed by atoms with Gasteiger partial charge in [0.2, 0.25) is 0 Å². The smallest absolute Gasteiger partial charge is 0.268 e. The van der Waals surface area contributed by atoms with Crippen LogP contribution in [0.25, 0.3) is 11.1 Å². The fourth-order valence-electron chi connectivity index (χ4n) is 2.18. The first kappa shape index (κ1) is 15.6. The van der Waals surface area contributed by atoms with Gasteiger partial charge in [-0.2, -0.15) is 0 Å². The molecule has 2 heterocycles. The molecule has 0 unspecified atom stereocenters. The van der Waals surface area contributed by atoms with E-state index in [2.05, 4.69) is 15.3 Å². The highest BCUT2D eigenvalue weighted by molar-refractivity contribution is 7.12. The van der Waals surface area contributed by atoms with Crippen LogP contribution in [0.15, 0.2) is 42.0 Å². The molecule has 1 N–H and O–H groups in total. The van der Waals surface area contributed by atoms with Gasteiger partial charge in [0.05, 0.1) is 11.2 Å². The summed E-state index contributed by atoms with van der Waals surface area (Å²) in [7, 11) is 0. The second-order valence-corrected chi connectivity index (χ2v) is 6.40. The van der Waals surface area contributed by atoms with E-state index in [0.29, 0.717) is 15.7 Å². The van der Waals surface area contributed by atoms with Crippen molar-refractivity contribution >= 4 is 34.7 Å². The van der Waals surface area contributed by atoms with E-state index in [4.69, 9.17) is 11.6 Å². The summed E-state index contributed by atoms with van der Waals surface area (Å²) in [5.74, 6) is 0.300. The number of anilines is 1. The average Bonchev–Trinajstić information content (AvgIpc) is 2.97. The van der Waals surface area contributed by atoms with Gasteiger partial charge in [0.25, 0.3) is 5.91 Å². The Kier molecular flexibility index (Phi) is 4.41. The van der Waals surface area contributed by atoms with Crippen molar-refractivity contribution in [2.24, 2.45) is 0 Å². The number of nitrogens with zero attached hydrogens (tertiary/aromatic N) is 2. The van der Waals surface area contributed by atoms with Gasteiger partial charge in [-0.25, -0.2) is 9.97 Å². The normalized spacial score (nSPS) is 10.6. The highest BCUT2D eigenvalue weighted by atomic mass is 35.5. The predicted octanol–water partition coefficient (Wildman–Crippen LogP) is 4.73. The summed E-state index contributed by atoms with van der Waals surface area (Å²) >= 11 is 7.55. The van der Waals surface area contributed by atoms with Crippen LogP contribution in [0, 0.1) is 13.8 Å². The van der Waals surface area contributed by atoms with Crippen LogP contribution in [-0.4, -0.2) is 15.9 Å². The van der Waals surface area contributed by atoms with E-state index in [1.807, 2.05) is 38.1 Å². The zero-order valence-electron chi connectivity index (χ0n) is 12.6. The van der Waals surface area contributed by atoms with Gasteiger partial charge in [0, 0.05) is 22.3 Å². The average molecular weight is 344 g/mol. The van der Waals surface area contributed by atoms with Crippen LogP contribution >= 0.6 is 22.9 Å². The Morgan fingerprint density at radius 1 is 1.17 bits per heavy atom.